The average molecular weight is 345 g/mol. The third-order valence-electron chi connectivity index (χ3n) is 3.10. The Morgan fingerprint density at radius 2 is 2.00 bits per heavy atom. The summed E-state index contributed by atoms with van der Waals surface area (Å²) in [4.78, 5) is 17.0. The molecule has 6 heteroatoms. The molecule has 1 amide bonds. The predicted molar refractivity (Wildman–Crippen MR) is 95.3 cm³/mol. The smallest absolute Gasteiger partial charge is 0.264 e. The van der Waals surface area contributed by atoms with Crippen molar-refractivity contribution in [3.8, 4) is 5.75 Å². The molecule has 0 bridgehead atoms. The maximum Gasteiger partial charge on any atom is 0.264 e. The number of nitrogens with one attached hydrogen (secondary N) is 1. The van der Waals surface area contributed by atoms with E-state index in [4.69, 9.17) is 16.3 Å². The summed E-state index contributed by atoms with van der Waals surface area (Å²) in [6.07, 6.45) is 1.81. The van der Waals surface area contributed by atoms with Gasteiger partial charge in [-0.2, -0.15) is 0 Å². The fourth-order valence-electron chi connectivity index (χ4n) is 2.00. The number of benzene rings is 2. The number of amidine groups is 1. The average Bonchev–Trinajstić information content (AvgIpc) is 2.89. The zero-order valence-corrected chi connectivity index (χ0v) is 13.8. The highest BCUT2D eigenvalue weighted by Gasteiger charge is 2.23. The molecule has 0 spiro atoms. The van der Waals surface area contributed by atoms with Crippen molar-refractivity contribution in [2.75, 3.05) is 7.11 Å². The molecule has 0 unspecified atom stereocenters. The minimum Gasteiger partial charge on any atom is -0.497 e. The number of methoxy groups -OCH3 is 1. The zero-order valence-electron chi connectivity index (χ0n) is 12.2. The molecule has 2 aromatic rings. The Hall–Kier alpha value is -2.24. The number of carbonyl (C=O) groups excluding carboxylic acids is 1. The quantitative estimate of drug-likeness (QED) is 0.847. The number of ether oxygens (including phenoxy) is 1. The van der Waals surface area contributed by atoms with Gasteiger partial charge in [0.15, 0.2) is 5.17 Å². The third kappa shape index (κ3) is 3.94. The molecule has 1 fully saturated rings. The lowest BCUT2D eigenvalue weighted by Crippen LogP contribution is -2.19. The number of nitrogens with zero attached hydrogens (tertiary/aromatic N) is 1. The van der Waals surface area contributed by atoms with E-state index in [0.717, 1.165) is 17.0 Å². The van der Waals surface area contributed by atoms with E-state index < -0.39 is 0 Å². The van der Waals surface area contributed by atoms with Gasteiger partial charge in [0.05, 0.1) is 17.7 Å². The van der Waals surface area contributed by atoms with E-state index in [0.29, 0.717) is 15.1 Å². The van der Waals surface area contributed by atoms with Crippen molar-refractivity contribution < 1.29 is 9.53 Å². The Balaban J connectivity index is 1.81. The summed E-state index contributed by atoms with van der Waals surface area (Å²) in [6.45, 7) is 0. The van der Waals surface area contributed by atoms with Crippen LogP contribution in [0.5, 0.6) is 5.75 Å². The van der Waals surface area contributed by atoms with E-state index in [-0.39, 0.29) is 5.91 Å². The lowest BCUT2D eigenvalue weighted by atomic mass is 10.2. The highest BCUT2D eigenvalue weighted by atomic mass is 35.5. The van der Waals surface area contributed by atoms with Gasteiger partial charge in [-0.1, -0.05) is 23.7 Å². The maximum atomic E-state index is 12.1. The summed E-state index contributed by atoms with van der Waals surface area (Å²) in [7, 11) is 1.61. The zero-order chi connectivity index (χ0) is 16.2. The summed E-state index contributed by atoms with van der Waals surface area (Å²) in [5, 5.41) is 3.95. The number of amides is 1. The Morgan fingerprint density at radius 1 is 1.22 bits per heavy atom. The van der Waals surface area contributed by atoms with Crippen LogP contribution in [0, 0.1) is 0 Å². The topological polar surface area (TPSA) is 50.7 Å². The molecule has 1 saturated heterocycles. The van der Waals surface area contributed by atoms with Gasteiger partial charge in [-0.05, 0) is 59.8 Å². The molecule has 4 nitrogen and oxygen atoms in total. The molecule has 0 saturated carbocycles. The normalized spacial score (nSPS) is 17.6. The molecule has 1 heterocycles. The van der Waals surface area contributed by atoms with E-state index in [9.17, 15) is 4.79 Å². The minimum absolute atomic E-state index is 0.162. The fourth-order valence-corrected chi connectivity index (χ4v) is 2.96. The van der Waals surface area contributed by atoms with Gasteiger partial charge in [-0.15, -0.1) is 0 Å². The number of hydrogen-bond donors (Lipinski definition) is 1. The molecule has 0 radical (unpaired) electrons. The van der Waals surface area contributed by atoms with Crippen molar-refractivity contribution in [1.82, 2.24) is 5.32 Å². The van der Waals surface area contributed by atoms with E-state index in [1.165, 1.54) is 11.8 Å². The summed E-state index contributed by atoms with van der Waals surface area (Å²) >= 11 is 7.15. The van der Waals surface area contributed by atoms with Crippen LogP contribution in [0.15, 0.2) is 58.4 Å². The lowest BCUT2D eigenvalue weighted by molar-refractivity contribution is -0.115. The van der Waals surface area contributed by atoms with Crippen LogP contribution >= 0.6 is 23.4 Å². The van der Waals surface area contributed by atoms with Crippen molar-refractivity contribution in [1.29, 1.82) is 0 Å². The standard InChI is InChI=1S/C17H13ClN2O2S/c1-22-14-4-2-3-11(9-14)10-15-16(21)20-17(23-15)19-13-7-5-12(18)6-8-13/h2-10H,1H3,(H,19,20,21). The van der Waals surface area contributed by atoms with Gasteiger partial charge in [-0.25, -0.2) is 4.99 Å². The van der Waals surface area contributed by atoms with Crippen molar-refractivity contribution in [3.63, 3.8) is 0 Å². The van der Waals surface area contributed by atoms with Crippen LogP contribution in [-0.4, -0.2) is 18.2 Å². The Bertz CT molecular complexity index is 800. The number of rotatable bonds is 3. The molecular weight excluding hydrogens is 332 g/mol. The van der Waals surface area contributed by atoms with Crippen LogP contribution in [0.1, 0.15) is 5.56 Å². The van der Waals surface area contributed by atoms with Gasteiger partial charge in [0, 0.05) is 5.02 Å². The van der Waals surface area contributed by atoms with Crippen LogP contribution in [0.3, 0.4) is 0 Å². The molecule has 1 aliphatic rings. The highest BCUT2D eigenvalue weighted by Crippen LogP contribution is 2.29. The number of halogens is 1. The summed E-state index contributed by atoms with van der Waals surface area (Å²) in [5.74, 6) is 0.586. The van der Waals surface area contributed by atoms with Gasteiger partial charge in [-0.3, -0.25) is 4.79 Å². The molecule has 116 valence electrons. The molecular formula is C17H13ClN2O2S. The van der Waals surface area contributed by atoms with Crippen molar-refractivity contribution in [3.05, 3.63) is 64.0 Å². The van der Waals surface area contributed by atoms with E-state index >= 15 is 0 Å². The van der Waals surface area contributed by atoms with Crippen LogP contribution in [0.25, 0.3) is 6.08 Å². The molecule has 23 heavy (non-hydrogen) atoms. The van der Waals surface area contributed by atoms with Crippen LogP contribution in [0.2, 0.25) is 5.02 Å². The number of hydrogen-bond acceptors (Lipinski definition) is 4. The first-order valence-electron chi connectivity index (χ1n) is 6.83. The summed E-state index contributed by atoms with van der Waals surface area (Å²) in [6, 6.07) is 14.6. The number of carbonyl (C=O) groups is 1. The van der Waals surface area contributed by atoms with E-state index in [1.54, 1.807) is 31.4 Å². The van der Waals surface area contributed by atoms with Gasteiger partial charge >= 0.3 is 0 Å². The Morgan fingerprint density at radius 3 is 2.74 bits per heavy atom. The second-order valence-electron chi connectivity index (χ2n) is 4.73. The van der Waals surface area contributed by atoms with E-state index in [1.807, 2.05) is 30.3 Å². The first-order chi connectivity index (χ1) is 11.1. The van der Waals surface area contributed by atoms with Gasteiger partial charge < -0.3 is 10.1 Å². The van der Waals surface area contributed by atoms with Gasteiger partial charge in [0.1, 0.15) is 5.75 Å². The van der Waals surface area contributed by atoms with Gasteiger partial charge in [0.2, 0.25) is 0 Å². The lowest BCUT2D eigenvalue weighted by Gasteiger charge is -2.00. The van der Waals surface area contributed by atoms with Crippen molar-refractivity contribution in [2.24, 2.45) is 4.99 Å². The largest absolute Gasteiger partial charge is 0.497 e. The number of thioether (sulfide) groups is 1. The third-order valence-corrected chi connectivity index (χ3v) is 4.26. The van der Waals surface area contributed by atoms with Gasteiger partial charge in [0.25, 0.3) is 5.91 Å². The molecule has 1 aliphatic heterocycles. The summed E-state index contributed by atoms with van der Waals surface area (Å²) in [5.41, 5.74) is 1.63. The minimum atomic E-state index is -0.162. The van der Waals surface area contributed by atoms with E-state index in [2.05, 4.69) is 10.3 Å². The first-order valence-corrected chi connectivity index (χ1v) is 8.03. The molecule has 1 N–H and O–H groups in total. The second-order valence-corrected chi connectivity index (χ2v) is 6.20. The molecule has 0 aliphatic carbocycles. The molecule has 0 atom stereocenters. The molecule has 3 rings (SSSR count). The SMILES string of the molecule is COc1cccc(C=C2SC(=Nc3ccc(Cl)cc3)NC2=O)c1. The monoisotopic (exact) mass is 344 g/mol. The predicted octanol–water partition coefficient (Wildman–Crippen LogP) is 4.24. The maximum absolute atomic E-state index is 12.1. The van der Waals surface area contributed by atoms with Crippen LogP contribution in [-0.2, 0) is 4.79 Å². The fraction of sp³-hybridized carbons (Fsp3) is 0.0588. The van der Waals surface area contributed by atoms with Crippen LogP contribution in [0.4, 0.5) is 5.69 Å². The number of aliphatic imine (C=N–C) groups is 1. The van der Waals surface area contributed by atoms with Crippen molar-refractivity contribution >= 4 is 46.2 Å². The summed E-state index contributed by atoms with van der Waals surface area (Å²) < 4.78 is 5.18. The second kappa shape index (κ2) is 6.89. The highest BCUT2D eigenvalue weighted by molar-refractivity contribution is 8.18. The molecule has 2 aromatic carbocycles. The van der Waals surface area contributed by atoms with Crippen molar-refractivity contribution in [2.45, 2.75) is 0 Å². The van der Waals surface area contributed by atoms with Crippen LogP contribution < -0.4 is 10.1 Å². The molecule has 0 aromatic heterocycles. The Kier molecular flexibility index (Phi) is 4.69. The Labute approximate surface area is 143 Å². The first kappa shape index (κ1) is 15.6.